The van der Waals surface area contributed by atoms with Crippen molar-refractivity contribution in [1.29, 1.82) is 0 Å². The van der Waals surface area contributed by atoms with Gasteiger partial charge in [-0.3, -0.25) is 0 Å². The normalized spacial score (nSPS) is 9.95. The molecule has 0 aliphatic carbocycles. The largest absolute Gasteiger partial charge is 0.342 e. The summed E-state index contributed by atoms with van der Waals surface area (Å²) in [5, 5.41) is 11.7. The van der Waals surface area contributed by atoms with E-state index in [1.165, 1.54) is 5.56 Å². The van der Waals surface area contributed by atoms with Crippen LogP contribution in [0.25, 0.3) is 0 Å². The minimum absolute atomic E-state index is 0.153. The van der Waals surface area contributed by atoms with Crippen molar-refractivity contribution < 1.29 is 10.1 Å². The predicted molar refractivity (Wildman–Crippen MR) is 90.8 cm³/mol. The van der Waals surface area contributed by atoms with Crippen LogP contribution >= 0.6 is 11.3 Å². The number of nitrogens with two attached hydrogens (primary N) is 1. The average molecular weight is 314 g/mol. The Hall–Kier alpha value is -2.29. The van der Waals surface area contributed by atoms with Gasteiger partial charge < -0.3 is 16.0 Å². The Morgan fingerprint density at radius 1 is 1.36 bits per heavy atom. The van der Waals surface area contributed by atoms with E-state index >= 15 is 0 Å². The van der Waals surface area contributed by atoms with Crippen molar-refractivity contribution in [2.75, 3.05) is 18.4 Å². The van der Waals surface area contributed by atoms with Crippen LogP contribution in [0, 0.1) is 12.3 Å². The van der Waals surface area contributed by atoms with Crippen LogP contribution in [0.2, 0.25) is 0 Å². The highest BCUT2D eigenvalue weighted by atomic mass is 32.1. The lowest BCUT2D eigenvalue weighted by molar-refractivity contribution is -0.670. The molecule has 0 saturated heterocycles. The molecule has 0 bridgehead atoms. The maximum absolute atomic E-state index is 11.6. The number of carbonyl (C=O) groups excluding carboxylic acids is 1. The maximum Gasteiger partial charge on any atom is 0.319 e. The van der Waals surface area contributed by atoms with Crippen molar-refractivity contribution in [2.24, 2.45) is 0 Å². The molecule has 0 saturated carbocycles. The molecule has 1 heterocycles. The summed E-state index contributed by atoms with van der Waals surface area (Å²) in [7, 11) is 0. The Bertz CT molecular complexity index is 632. The molecule has 2 amide bonds. The molecule has 2 rings (SSSR count). The van der Waals surface area contributed by atoms with Crippen LogP contribution in [0.3, 0.4) is 0 Å². The Morgan fingerprint density at radius 3 is 3.05 bits per heavy atom. The maximum atomic E-state index is 11.6. The van der Waals surface area contributed by atoms with E-state index in [0.29, 0.717) is 6.54 Å². The fraction of sp³-hybridized carbons (Fsp3) is 0.235. The smallest absolute Gasteiger partial charge is 0.319 e. The first kappa shape index (κ1) is 16.1. The van der Waals surface area contributed by atoms with Crippen LogP contribution in [-0.4, -0.2) is 19.1 Å². The standard InChI is InChI=1S/C17H19N3OS/c1-2-14-5-3-6-15(11-14)12-18-8-4-9-19-17(21)20-16-7-10-22-13-16/h1,3,5-7,10-11,13,18H,4,8-9,12H2,(H2,19,20,21)/p+1. The second kappa shape index (κ2) is 8.88. The van der Waals surface area contributed by atoms with Crippen LogP contribution < -0.4 is 16.0 Å². The number of rotatable bonds is 7. The Labute approximate surface area is 134 Å². The zero-order valence-corrected chi connectivity index (χ0v) is 13.2. The van der Waals surface area contributed by atoms with Crippen molar-refractivity contribution in [3.63, 3.8) is 0 Å². The molecule has 0 spiro atoms. The Kier molecular flexibility index (Phi) is 6.49. The first-order chi connectivity index (χ1) is 10.8. The van der Waals surface area contributed by atoms with E-state index in [1.54, 1.807) is 11.3 Å². The molecule has 22 heavy (non-hydrogen) atoms. The molecule has 4 N–H and O–H groups in total. The number of hydrogen-bond acceptors (Lipinski definition) is 2. The first-order valence-electron chi connectivity index (χ1n) is 7.22. The van der Waals surface area contributed by atoms with Crippen LogP contribution in [0.15, 0.2) is 41.1 Å². The summed E-state index contributed by atoms with van der Waals surface area (Å²) in [6.45, 7) is 2.52. The van der Waals surface area contributed by atoms with Gasteiger partial charge in [-0.15, -0.1) is 6.42 Å². The molecule has 5 heteroatoms. The number of amides is 2. The molecular weight excluding hydrogens is 294 g/mol. The lowest BCUT2D eigenvalue weighted by atomic mass is 10.1. The van der Waals surface area contributed by atoms with Crippen LogP contribution in [0.4, 0.5) is 10.5 Å². The number of benzene rings is 1. The van der Waals surface area contributed by atoms with Gasteiger partial charge in [0.05, 0.1) is 12.2 Å². The number of hydrogen-bond donors (Lipinski definition) is 3. The van der Waals surface area contributed by atoms with E-state index in [0.717, 1.165) is 30.8 Å². The highest BCUT2D eigenvalue weighted by molar-refractivity contribution is 7.08. The topological polar surface area (TPSA) is 57.7 Å². The fourth-order valence-corrected chi connectivity index (χ4v) is 2.60. The number of urea groups is 1. The van der Waals surface area contributed by atoms with Gasteiger partial charge in [-0.1, -0.05) is 18.1 Å². The quantitative estimate of drug-likeness (QED) is 0.531. The summed E-state index contributed by atoms with van der Waals surface area (Å²) in [6.07, 6.45) is 6.31. The third-order valence-corrected chi connectivity index (χ3v) is 3.81. The van der Waals surface area contributed by atoms with Gasteiger partial charge in [0.25, 0.3) is 0 Å². The van der Waals surface area contributed by atoms with Gasteiger partial charge >= 0.3 is 6.03 Å². The lowest BCUT2D eigenvalue weighted by Gasteiger charge is -2.06. The van der Waals surface area contributed by atoms with Gasteiger partial charge in [0, 0.05) is 29.5 Å². The Balaban J connectivity index is 1.55. The summed E-state index contributed by atoms with van der Waals surface area (Å²) < 4.78 is 0. The average Bonchev–Trinajstić information content (AvgIpc) is 3.04. The third kappa shape index (κ3) is 5.60. The SMILES string of the molecule is C#Cc1cccc(C[NH2+]CCCNC(=O)Nc2ccsc2)c1. The van der Waals surface area contributed by atoms with Gasteiger partial charge in [-0.2, -0.15) is 11.3 Å². The van der Waals surface area contributed by atoms with E-state index < -0.39 is 0 Å². The van der Waals surface area contributed by atoms with E-state index in [2.05, 4.69) is 27.9 Å². The highest BCUT2D eigenvalue weighted by Crippen LogP contribution is 2.10. The van der Waals surface area contributed by atoms with Crippen molar-refractivity contribution in [2.45, 2.75) is 13.0 Å². The summed E-state index contributed by atoms with van der Waals surface area (Å²) in [5.74, 6) is 2.64. The number of nitrogens with one attached hydrogen (secondary N) is 2. The molecule has 0 fully saturated rings. The summed E-state index contributed by atoms with van der Waals surface area (Å²) in [4.78, 5) is 11.6. The van der Waals surface area contributed by atoms with Crippen LogP contribution in [0.5, 0.6) is 0 Å². The van der Waals surface area contributed by atoms with E-state index in [9.17, 15) is 4.79 Å². The predicted octanol–water partition coefficient (Wildman–Crippen LogP) is 2.00. The van der Waals surface area contributed by atoms with Gasteiger partial charge in [-0.05, 0) is 23.6 Å². The lowest BCUT2D eigenvalue weighted by Crippen LogP contribution is -2.82. The molecule has 1 aromatic carbocycles. The van der Waals surface area contributed by atoms with E-state index in [4.69, 9.17) is 6.42 Å². The molecule has 4 nitrogen and oxygen atoms in total. The zero-order valence-electron chi connectivity index (χ0n) is 12.3. The highest BCUT2D eigenvalue weighted by Gasteiger charge is 2.01. The number of terminal acetylenes is 1. The molecule has 1 aromatic heterocycles. The van der Waals surface area contributed by atoms with E-state index in [-0.39, 0.29) is 6.03 Å². The van der Waals surface area contributed by atoms with Crippen LogP contribution in [0.1, 0.15) is 17.5 Å². The van der Waals surface area contributed by atoms with Gasteiger partial charge in [-0.25, -0.2) is 4.79 Å². The second-order valence-corrected chi connectivity index (χ2v) is 5.65. The van der Waals surface area contributed by atoms with Gasteiger partial charge in [0.15, 0.2) is 0 Å². The summed E-state index contributed by atoms with van der Waals surface area (Å²) in [5.41, 5.74) is 2.97. The van der Waals surface area contributed by atoms with Gasteiger partial charge in [0.2, 0.25) is 0 Å². The van der Waals surface area contributed by atoms with Crippen LogP contribution in [-0.2, 0) is 6.54 Å². The molecule has 0 aliphatic heterocycles. The number of quaternary nitrogens is 1. The summed E-state index contributed by atoms with van der Waals surface area (Å²) in [6, 6.07) is 9.74. The minimum Gasteiger partial charge on any atom is -0.342 e. The molecule has 0 atom stereocenters. The summed E-state index contributed by atoms with van der Waals surface area (Å²) >= 11 is 1.56. The molecule has 0 radical (unpaired) electrons. The molecule has 2 aromatic rings. The molecule has 0 unspecified atom stereocenters. The fourth-order valence-electron chi connectivity index (χ4n) is 2.02. The molecule has 114 valence electrons. The number of anilines is 1. The van der Waals surface area contributed by atoms with Gasteiger partial charge in [0.1, 0.15) is 6.54 Å². The number of carbonyl (C=O) groups is 1. The Morgan fingerprint density at radius 2 is 2.27 bits per heavy atom. The van der Waals surface area contributed by atoms with Crippen molar-refractivity contribution >= 4 is 23.1 Å². The third-order valence-electron chi connectivity index (χ3n) is 3.12. The number of thiophene rings is 1. The zero-order chi connectivity index (χ0) is 15.6. The monoisotopic (exact) mass is 314 g/mol. The van der Waals surface area contributed by atoms with E-state index in [1.807, 2.05) is 35.0 Å². The molecular formula is C17H20N3OS+. The minimum atomic E-state index is -0.153. The second-order valence-electron chi connectivity index (χ2n) is 4.87. The van der Waals surface area contributed by atoms with Crippen molar-refractivity contribution in [1.82, 2.24) is 5.32 Å². The first-order valence-corrected chi connectivity index (χ1v) is 8.16. The molecule has 0 aliphatic rings. The van der Waals surface area contributed by atoms with Crippen molar-refractivity contribution in [3.05, 3.63) is 52.2 Å². The van der Waals surface area contributed by atoms with Crippen molar-refractivity contribution in [3.8, 4) is 12.3 Å².